The van der Waals surface area contributed by atoms with Gasteiger partial charge in [0.1, 0.15) is 0 Å². The first-order chi connectivity index (χ1) is 9.10. The SMILES string of the molecule is CCc1cccc(NC(C)c2cc(Cl)ccc2Cl)c1. The lowest BCUT2D eigenvalue weighted by molar-refractivity contribution is 0.884. The largest absolute Gasteiger partial charge is 0.378 e. The Morgan fingerprint density at radius 2 is 1.89 bits per heavy atom. The molecule has 2 aromatic rings. The first-order valence-electron chi connectivity index (χ1n) is 6.40. The standard InChI is InChI=1S/C16H17Cl2N/c1-3-12-5-4-6-14(9-12)19-11(2)15-10-13(17)7-8-16(15)18/h4-11,19H,3H2,1-2H3. The third-order valence-corrected chi connectivity index (χ3v) is 3.72. The van der Waals surface area contributed by atoms with Crippen LogP contribution >= 0.6 is 23.2 Å². The number of rotatable bonds is 4. The van der Waals surface area contributed by atoms with Crippen LogP contribution in [0.5, 0.6) is 0 Å². The fourth-order valence-corrected chi connectivity index (χ4v) is 2.52. The minimum absolute atomic E-state index is 0.110. The van der Waals surface area contributed by atoms with Crippen molar-refractivity contribution in [1.29, 1.82) is 0 Å². The molecule has 19 heavy (non-hydrogen) atoms. The van der Waals surface area contributed by atoms with Crippen LogP contribution in [0.4, 0.5) is 5.69 Å². The lowest BCUT2D eigenvalue weighted by atomic mass is 10.1. The molecule has 0 aliphatic heterocycles. The molecule has 0 aromatic heterocycles. The van der Waals surface area contributed by atoms with Gasteiger partial charge in [-0.3, -0.25) is 0 Å². The van der Waals surface area contributed by atoms with E-state index in [2.05, 4.69) is 43.4 Å². The van der Waals surface area contributed by atoms with Gasteiger partial charge in [0.25, 0.3) is 0 Å². The molecule has 0 aliphatic carbocycles. The Kier molecular flexibility index (Phi) is 4.73. The molecule has 1 nitrogen and oxygen atoms in total. The summed E-state index contributed by atoms with van der Waals surface area (Å²) in [5.41, 5.74) is 3.42. The molecule has 0 spiro atoms. The Labute approximate surface area is 124 Å². The second-order valence-corrected chi connectivity index (χ2v) is 5.43. The Morgan fingerprint density at radius 3 is 2.63 bits per heavy atom. The first-order valence-corrected chi connectivity index (χ1v) is 7.16. The van der Waals surface area contributed by atoms with Gasteiger partial charge in [-0.15, -0.1) is 0 Å². The molecule has 0 aliphatic rings. The van der Waals surface area contributed by atoms with Crippen molar-refractivity contribution in [3.63, 3.8) is 0 Å². The fourth-order valence-electron chi connectivity index (χ4n) is 2.06. The van der Waals surface area contributed by atoms with Crippen molar-refractivity contribution in [2.24, 2.45) is 0 Å². The molecule has 100 valence electrons. The van der Waals surface area contributed by atoms with Crippen LogP contribution in [0.2, 0.25) is 10.0 Å². The van der Waals surface area contributed by atoms with Crippen molar-refractivity contribution in [2.45, 2.75) is 26.3 Å². The van der Waals surface area contributed by atoms with E-state index in [1.54, 1.807) is 6.07 Å². The molecule has 2 aromatic carbocycles. The molecular formula is C16H17Cl2N. The van der Waals surface area contributed by atoms with E-state index in [9.17, 15) is 0 Å². The molecule has 0 bridgehead atoms. The van der Waals surface area contributed by atoms with Gasteiger partial charge in [0.05, 0.1) is 6.04 Å². The predicted molar refractivity (Wildman–Crippen MR) is 84.3 cm³/mol. The zero-order valence-electron chi connectivity index (χ0n) is 11.1. The molecule has 0 radical (unpaired) electrons. The number of halogens is 2. The third kappa shape index (κ3) is 3.65. The molecule has 0 heterocycles. The second-order valence-electron chi connectivity index (χ2n) is 4.59. The molecule has 0 fully saturated rings. The molecule has 2 rings (SSSR count). The topological polar surface area (TPSA) is 12.0 Å². The summed E-state index contributed by atoms with van der Waals surface area (Å²) in [6.07, 6.45) is 1.03. The summed E-state index contributed by atoms with van der Waals surface area (Å²) in [6.45, 7) is 4.23. The van der Waals surface area contributed by atoms with Crippen LogP contribution in [0.1, 0.15) is 31.0 Å². The van der Waals surface area contributed by atoms with Crippen LogP contribution in [-0.4, -0.2) is 0 Å². The van der Waals surface area contributed by atoms with Crippen molar-refractivity contribution in [3.8, 4) is 0 Å². The highest BCUT2D eigenvalue weighted by molar-refractivity contribution is 6.33. The van der Waals surface area contributed by atoms with Gasteiger partial charge in [0.2, 0.25) is 0 Å². The van der Waals surface area contributed by atoms with E-state index in [0.717, 1.165) is 22.7 Å². The Morgan fingerprint density at radius 1 is 1.11 bits per heavy atom. The smallest absolute Gasteiger partial charge is 0.0500 e. The number of hydrogen-bond donors (Lipinski definition) is 1. The molecule has 1 N–H and O–H groups in total. The van der Waals surface area contributed by atoms with Gasteiger partial charge in [-0.05, 0) is 54.8 Å². The zero-order valence-corrected chi connectivity index (χ0v) is 12.6. The lowest BCUT2D eigenvalue weighted by Crippen LogP contribution is -2.07. The number of hydrogen-bond acceptors (Lipinski definition) is 1. The summed E-state index contributed by atoms with van der Waals surface area (Å²) in [5, 5.41) is 4.89. The van der Waals surface area contributed by atoms with Crippen molar-refractivity contribution in [3.05, 3.63) is 63.6 Å². The van der Waals surface area contributed by atoms with Gasteiger partial charge in [0.15, 0.2) is 0 Å². The van der Waals surface area contributed by atoms with Gasteiger partial charge < -0.3 is 5.32 Å². The van der Waals surface area contributed by atoms with Crippen LogP contribution in [0.25, 0.3) is 0 Å². The first kappa shape index (κ1) is 14.2. The van der Waals surface area contributed by atoms with E-state index in [1.807, 2.05) is 12.1 Å². The number of aryl methyl sites for hydroxylation is 1. The van der Waals surface area contributed by atoms with Crippen LogP contribution in [0.15, 0.2) is 42.5 Å². The Balaban J connectivity index is 2.20. The van der Waals surface area contributed by atoms with Gasteiger partial charge >= 0.3 is 0 Å². The van der Waals surface area contributed by atoms with E-state index in [1.165, 1.54) is 5.56 Å². The Bertz CT molecular complexity index is 566. The summed E-state index contributed by atoms with van der Waals surface area (Å²) >= 11 is 12.2. The summed E-state index contributed by atoms with van der Waals surface area (Å²) in [4.78, 5) is 0. The van der Waals surface area contributed by atoms with Gasteiger partial charge in [-0.2, -0.15) is 0 Å². The number of nitrogens with one attached hydrogen (secondary N) is 1. The summed E-state index contributed by atoms with van der Waals surface area (Å²) in [6, 6.07) is 14.1. The van der Waals surface area contributed by atoms with Crippen LogP contribution in [0.3, 0.4) is 0 Å². The minimum Gasteiger partial charge on any atom is -0.378 e. The van der Waals surface area contributed by atoms with E-state index >= 15 is 0 Å². The highest BCUT2D eigenvalue weighted by Crippen LogP contribution is 2.28. The molecule has 1 atom stereocenters. The second kappa shape index (κ2) is 6.31. The van der Waals surface area contributed by atoms with E-state index in [0.29, 0.717) is 5.02 Å². The summed E-state index contributed by atoms with van der Waals surface area (Å²) < 4.78 is 0. The highest BCUT2D eigenvalue weighted by Gasteiger charge is 2.10. The molecule has 0 saturated heterocycles. The average Bonchev–Trinajstić information content (AvgIpc) is 2.41. The number of anilines is 1. The minimum atomic E-state index is 0.110. The maximum Gasteiger partial charge on any atom is 0.0500 e. The predicted octanol–water partition coefficient (Wildman–Crippen LogP) is 5.73. The maximum atomic E-state index is 6.22. The monoisotopic (exact) mass is 293 g/mol. The molecular weight excluding hydrogens is 277 g/mol. The van der Waals surface area contributed by atoms with E-state index < -0.39 is 0 Å². The van der Waals surface area contributed by atoms with Crippen LogP contribution in [-0.2, 0) is 6.42 Å². The van der Waals surface area contributed by atoms with Crippen molar-refractivity contribution in [2.75, 3.05) is 5.32 Å². The Hall–Kier alpha value is -1.18. The zero-order chi connectivity index (χ0) is 13.8. The summed E-state index contributed by atoms with van der Waals surface area (Å²) in [5.74, 6) is 0. The van der Waals surface area contributed by atoms with Crippen LogP contribution < -0.4 is 5.32 Å². The van der Waals surface area contributed by atoms with Crippen molar-refractivity contribution in [1.82, 2.24) is 0 Å². The quantitative estimate of drug-likeness (QED) is 0.759. The highest BCUT2D eigenvalue weighted by atomic mass is 35.5. The number of benzene rings is 2. The van der Waals surface area contributed by atoms with E-state index in [-0.39, 0.29) is 6.04 Å². The molecule has 0 saturated carbocycles. The normalized spacial score (nSPS) is 12.2. The molecule has 0 amide bonds. The summed E-state index contributed by atoms with van der Waals surface area (Å²) in [7, 11) is 0. The fraction of sp³-hybridized carbons (Fsp3) is 0.250. The third-order valence-electron chi connectivity index (χ3n) is 3.14. The lowest BCUT2D eigenvalue weighted by Gasteiger charge is -2.18. The average molecular weight is 294 g/mol. The maximum absolute atomic E-state index is 6.22. The van der Waals surface area contributed by atoms with Crippen molar-refractivity contribution >= 4 is 28.9 Å². The molecule has 1 unspecified atom stereocenters. The molecule has 3 heteroatoms. The van der Waals surface area contributed by atoms with Gasteiger partial charge in [-0.25, -0.2) is 0 Å². The van der Waals surface area contributed by atoms with Crippen LogP contribution in [0, 0.1) is 0 Å². The van der Waals surface area contributed by atoms with Crippen molar-refractivity contribution < 1.29 is 0 Å². The van der Waals surface area contributed by atoms with Gasteiger partial charge in [0, 0.05) is 15.7 Å². The van der Waals surface area contributed by atoms with E-state index in [4.69, 9.17) is 23.2 Å². The van der Waals surface area contributed by atoms with Gasteiger partial charge in [-0.1, -0.05) is 42.3 Å².